The van der Waals surface area contributed by atoms with Crippen LogP contribution in [0.5, 0.6) is 0 Å². The Hall–Kier alpha value is 0.623. The molecule has 0 aromatic heterocycles. The summed E-state index contributed by atoms with van der Waals surface area (Å²) in [6, 6.07) is 0. The topological polar surface area (TPSA) is 0 Å². The molecule has 164 valence electrons. The number of hydrogen-bond donors (Lipinski definition) is 0. The molecule has 0 amide bonds. The maximum Gasteiger partial charge on any atom is 2.00 e. The summed E-state index contributed by atoms with van der Waals surface area (Å²) < 4.78 is 0. The van der Waals surface area contributed by atoms with Crippen LogP contribution >= 0.6 is 0 Å². The van der Waals surface area contributed by atoms with Gasteiger partial charge in [0.05, 0.1) is 0 Å². The first-order valence-electron chi connectivity index (χ1n) is 11.9. The molecule has 0 N–H and O–H groups in total. The molecular weight excluding hydrogens is 402 g/mol. The average Bonchev–Trinajstić information content (AvgIpc) is 3.33. The fourth-order valence-electron chi connectivity index (χ4n) is 7.97. The zero-order valence-corrected chi connectivity index (χ0v) is 25.3. The van der Waals surface area contributed by atoms with Gasteiger partial charge in [-0.3, -0.25) is 0 Å². The van der Waals surface area contributed by atoms with Crippen LogP contribution in [-0.4, -0.2) is 0 Å². The van der Waals surface area contributed by atoms with Gasteiger partial charge in [0.25, 0.3) is 0 Å². The summed E-state index contributed by atoms with van der Waals surface area (Å²) in [5.41, 5.74) is 3.19. The maximum atomic E-state index is 2.55. The molecule has 0 bridgehead atoms. The van der Waals surface area contributed by atoms with Crippen LogP contribution < -0.4 is 0 Å². The van der Waals surface area contributed by atoms with Crippen molar-refractivity contribution in [1.29, 1.82) is 0 Å². The van der Waals surface area contributed by atoms with Crippen LogP contribution in [0.25, 0.3) is 0 Å². The summed E-state index contributed by atoms with van der Waals surface area (Å²) in [5, 5.41) is 0. The van der Waals surface area contributed by atoms with Crippen LogP contribution in [0, 0.1) is 80.8 Å². The van der Waals surface area contributed by atoms with Crippen LogP contribution in [0.3, 0.4) is 0 Å². The van der Waals surface area contributed by atoms with Crippen molar-refractivity contribution in [2.24, 2.45) is 68.0 Å². The van der Waals surface area contributed by atoms with E-state index in [0.29, 0.717) is 32.5 Å². The summed E-state index contributed by atoms with van der Waals surface area (Å²) in [6.07, 6.45) is 5.09. The smallest absolute Gasteiger partial charge is 0.324 e. The molecule has 4 aliphatic rings. The van der Waals surface area contributed by atoms with Gasteiger partial charge in [-0.2, -0.15) is 22.7 Å². The van der Waals surface area contributed by atoms with Crippen molar-refractivity contribution in [3.63, 3.8) is 0 Å². The van der Waals surface area contributed by atoms with E-state index in [1.54, 1.807) is 0 Å². The number of hydrogen-bond acceptors (Lipinski definition) is 0. The molecule has 1 heteroatoms. The Balaban J connectivity index is 0.000000200. The third kappa shape index (κ3) is 4.57. The molecule has 0 aliphatic heterocycles. The summed E-state index contributed by atoms with van der Waals surface area (Å²) in [5.74, 6) is 5.49. The third-order valence-corrected chi connectivity index (χ3v) is 9.18. The second kappa shape index (κ2) is 6.81. The molecule has 4 rings (SSSR count). The Morgan fingerprint density at radius 3 is 0.828 bits per heavy atom. The molecule has 6 atom stereocenters. The van der Waals surface area contributed by atoms with E-state index >= 15 is 0 Å². The summed E-state index contributed by atoms with van der Waals surface area (Å²) in [7, 11) is 0. The molecule has 0 radical (unpaired) electrons. The molecule has 0 saturated heterocycles. The minimum atomic E-state index is 0. The predicted molar refractivity (Wildman–Crippen MR) is 124 cm³/mol. The number of rotatable bonds is 2. The maximum absolute atomic E-state index is 2.55. The molecule has 4 fully saturated rings. The van der Waals surface area contributed by atoms with Crippen LogP contribution in [0.15, 0.2) is 0 Å². The van der Waals surface area contributed by atoms with Gasteiger partial charge >= 0.3 is 19.5 Å². The van der Waals surface area contributed by atoms with Gasteiger partial charge in [-0.15, -0.1) is 0 Å². The summed E-state index contributed by atoms with van der Waals surface area (Å²) in [4.78, 5) is 0. The van der Waals surface area contributed by atoms with E-state index in [2.05, 4.69) is 110 Å². The van der Waals surface area contributed by atoms with Crippen molar-refractivity contribution in [3.05, 3.63) is 12.8 Å². The van der Waals surface area contributed by atoms with Gasteiger partial charge < -0.3 is 12.8 Å². The van der Waals surface area contributed by atoms with E-state index in [1.165, 1.54) is 0 Å². The minimum absolute atomic E-state index is 0. The molecule has 0 nitrogen and oxygen atoms in total. The Morgan fingerprint density at radius 2 is 0.724 bits per heavy atom. The SMILES string of the molecule is CC(C)(C)C1C(C2[CH-]C2(C)C)C1(C)C.CC(C)(C)C1C(C2[CH-]C2(C)C)C1(C)C.[Zn+2]. The van der Waals surface area contributed by atoms with Gasteiger partial charge in [-0.05, 0) is 33.5 Å². The van der Waals surface area contributed by atoms with Crippen LogP contribution in [-0.2, 0) is 19.5 Å². The fraction of sp³-hybridized carbons (Fsp3) is 0.929. The Labute approximate surface area is 196 Å². The Bertz CT molecular complexity index is 566. The van der Waals surface area contributed by atoms with Crippen molar-refractivity contribution < 1.29 is 19.5 Å². The van der Waals surface area contributed by atoms with Crippen LogP contribution in [0.2, 0.25) is 0 Å². The van der Waals surface area contributed by atoms with Crippen LogP contribution in [0.4, 0.5) is 0 Å². The van der Waals surface area contributed by atoms with E-state index in [0.717, 1.165) is 35.5 Å². The van der Waals surface area contributed by atoms with Gasteiger partial charge in [-0.1, -0.05) is 109 Å². The van der Waals surface area contributed by atoms with Crippen molar-refractivity contribution in [2.75, 3.05) is 0 Å². The van der Waals surface area contributed by atoms with Gasteiger partial charge in [-0.25, -0.2) is 0 Å². The largest absolute Gasteiger partial charge is 2.00 e. The van der Waals surface area contributed by atoms with Gasteiger partial charge in [0.1, 0.15) is 0 Å². The fourth-order valence-corrected chi connectivity index (χ4v) is 7.97. The van der Waals surface area contributed by atoms with Gasteiger partial charge in [0.15, 0.2) is 0 Å². The van der Waals surface area contributed by atoms with E-state index in [-0.39, 0.29) is 19.5 Å². The Morgan fingerprint density at radius 1 is 0.517 bits per heavy atom. The molecular formula is C28H50Zn. The zero-order chi connectivity index (χ0) is 21.9. The quantitative estimate of drug-likeness (QED) is 0.292. The summed E-state index contributed by atoms with van der Waals surface area (Å²) >= 11 is 0. The second-order valence-corrected chi connectivity index (χ2v) is 15.4. The van der Waals surface area contributed by atoms with Crippen molar-refractivity contribution in [1.82, 2.24) is 0 Å². The second-order valence-electron chi connectivity index (χ2n) is 15.4. The predicted octanol–water partition coefficient (Wildman–Crippen LogP) is 8.33. The van der Waals surface area contributed by atoms with Gasteiger partial charge in [0.2, 0.25) is 0 Å². The normalized spacial score (nSPS) is 42.0. The van der Waals surface area contributed by atoms with Gasteiger partial charge in [0, 0.05) is 0 Å². The zero-order valence-electron chi connectivity index (χ0n) is 22.3. The van der Waals surface area contributed by atoms with E-state index < -0.39 is 0 Å². The molecule has 4 saturated carbocycles. The first-order valence-corrected chi connectivity index (χ1v) is 11.9. The monoisotopic (exact) mass is 450 g/mol. The molecule has 0 spiro atoms. The molecule has 0 heterocycles. The van der Waals surface area contributed by atoms with E-state index in [9.17, 15) is 0 Å². The molecule has 6 unspecified atom stereocenters. The van der Waals surface area contributed by atoms with E-state index in [1.807, 2.05) is 0 Å². The van der Waals surface area contributed by atoms with Crippen molar-refractivity contribution in [2.45, 2.75) is 96.9 Å². The molecule has 29 heavy (non-hydrogen) atoms. The first-order chi connectivity index (χ1) is 12.2. The summed E-state index contributed by atoms with van der Waals surface area (Å²) in [6.45, 7) is 33.7. The van der Waals surface area contributed by atoms with E-state index in [4.69, 9.17) is 0 Å². The molecule has 0 aromatic carbocycles. The van der Waals surface area contributed by atoms with Crippen molar-refractivity contribution in [3.8, 4) is 0 Å². The Kier molecular flexibility index (Phi) is 6.08. The van der Waals surface area contributed by atoms with Crippen LogP contribution in [0.1, 0.15) is 96.9 Å². The first kappa shape index (κ1) is 25.9. The minimum Gasteiger partial charge on any atom is -0.324 e. The van der Waals surface area contributed by atoms with Crippen molar-refractivity contribution >= 4 is 0 Å². The molecule has 4 aliphatic carbocycles. The standard InChI is InChI=1S/2C14H25.Zn/c2*1-12(2,3)11-10(14(11,6)7)9-8-13(9,4)5;/h2*8-11H,1-7H3;/q2*-1;+2. The average molecular weight is 452 g/mol. The third-order valence-electron chi connectivity index (χ3n) is 9.18. The molecule has 0 aromatic rings.